The van der Waals surface area contributed by atoms with Crippen LogP contribution in [0.2, 0.25) is 0 Å². The Kier molecular flexibility index (Phi) is 5.13. The average Bonchev–Trinajstić information content (AvgIpc) is 3.04. The van der Waals surface area contributed by atoms with Crippen molar-refractivity contribution in [1.29, 1.82) is 0 Å². The molecule has 0 aromatic carbocycles. The maximum atomic E-state index is 4.64. The zero-order chi connectivity index (χ0) is 13.0. The second-order valence-electron chi connectivity index (χ2n) is 4.95. The molecule has 18 heavy (non-hydrogen) atoms. The van der Waals surface area contributed by atoms with Crippen LogP contribution in [0.4, 0.5) is 0 Å². The molecule has 2 atom stereocenters. The standard InChI is InChI=1S/C14H25N3S/c1-4-11-9-12(17(5-2)16-11)10-13(15-3)14-7-6-8-18-14/h9,13-15H,4-8,10H2,1-3H3. The van der Waals surface area contributed by atoms with Gasteiger partial charge in [-0.1, -0.05) is 6.92 Å². The molecular formula is C14H25N3S. The Labute approximate surface area is 115 Å². The first kappa shape index (κ1) is 13.9. The Morgan fingerprint density at radius 3 is 2.94 bits per heavy atom. The third kappa shape index (κ3) is 3.09. The quantitative estimate of drug-likeness (QED) is 0.859. The SMILES string of the molecule is CCc1cc(CC(NC)C2CCCS2)n(CC)n1. The summed E-state index contributed by atoms with van der Waals surface area (Å²) in [5.74, 6) is 1.33. The van der Waals surface area contributed by atoms with Gasteiger partial charge in [0.05, 0.1) is 5.69 Å². The van der Waals surface area contributed by atoms with Crippen LogP contribution in [0.5, 0.6) is 0 Å². The molecule has 1 aliphatic heterocycles. The molecule has 0 saturated carbocycles. The molecule has 1 fully saturated rings. The largest absolute Gasteiger partial charge is 0.316 e. The van der Waals surface area contributed by atoms with E-state index in [1.165, 1.54) is 30.0 Å². The topological polar surface area (TPSA) is 29.9 Å². The van der Waals surface area contributed by atoms with Crippen molar-refractivity contribution in [1.82, 2.24) is 15.1 Å². The highest BCUT2D eigenvalue weighted by atomic mass is 32.2. The first-order chi connectivity index (χ1) is 8.78. The van der Waals surface area contributed by atoms with Gasteiger partial charge in [-0.15, -0.1) is 0 Å². The van der Waals surface area contributed by atoms with Crippen molar-refractivity contribution in [3.8, 4) is 0 Å². The Hall–Kier alpha value is -0.480. The lowest BCUT2D eigenvalue weighted by atomic mass is 10.0. The van der Waals surface area contributed by atoms with Gasteiger partial charge in [-0.2, -0.15) is 16.9 Å². The molecule has 4 heteroatoms. The number of hydrogen-bond acceptors (Lipinski definition) is 3. The summed E-state index contributed by atoms with van der Waals surface area (Å²) in [5.41, 5.74) is 2.61. The van der Waals surface area contributed by atoms with E-state index in [2.05, 4.69) is 53.8 Å². The minimum Gasteiger partial charge on any atom is -0.316 e. The van der Waals surface area contributed by atoms with Gasteiger partial charge in [-0.25, -0.2) is 0 Å². The number of rotatable bonds is 6. The van der Waals surface area contributed by atoms with Crippen LogP contribution in [0.25, 0.3) is 0 Å². The highest BCUT2D eigenvalue weighted by Crippen LogP contribution is 2.30. The summed E-state index contributed by atoms with van der Waals surface area (Å²) in [5, 5.41) is 8.93. The molecule has 0 bridgehead atoms. The van der Waals surface area contributed by atoms with Crippen molar-refractivity contribution in [2.24, 2.45) is 0 Å². The number of aryl methyl sites for hydroxylation is 2. The molecule has 2 rings (SSSR count). The van der Waals surface area contributed by atoms with E-state index in [-0.39, 0.29) is 0 Å². The normalized spacial score (nSPS) is 21.4. The van der Waals surface area contributed by atoms with Crippen LogP contribution in [0.15, 0.2) is 6.07 Å². The lowest BCUT2D eigenvalue weighted by Crippen LogP contribution is -2.37. The number of thioether (sulfide) groups is 1. The van der Waals surface area contributed by atoms with Gasteiger partial charge in [-0.05, 0) is 45.1 Å². The van der Waals surface area contributed by atoms with E-state index in [0.29, 0.717) is 6.04 Å². The van der Waals surface area contributed by atoms with E-state index >= 15 is 0 Å². The second kappa shape index (κ2) is 6.62. The first-order valence-corrected chi connectivity index (χ1v) is 8.17. The molecule has 0 spiro atoms. The van der Waals surface area contributed by atoms with Crippen LogP contribution in [0.1, 0.15) is 38.1 Å². The van der Waals surface area contributed by atoms with Gasteiger partial charge in [0.25, 0.3) is 0 Å². The van der Waals surface area contributed by atoms with Gasteiger partial charge in [0.15, 0.2) is 0 Å². The Morgan fingerprint density at radius 2 is 2.39 bits per heavy atom. The Morgan fingerprint density at radius 1 is 1.56 bits per heavy atom. The molecule has 0 aliphatic carbocycles. The number of aromatic nitrogens is 2. The lowest BCUT2D eigenvalue weighted by Gasteiger charge is -2.22. The van der Waals surface area contributed by atoms with Crippen molar-refractivity contribution in [2.75, 3.05) is 12.8 Å². The number of hydrogen-bond donors (Lipinski definition) is 1. The van der Waals surface area contributed by atoms with Crippen LogP contribution in [0.3, 0.4) is 0 Å². The van der Waals surface area contributed by atoms with Crippen LogP contribution in [-0.2, 0) is 19.4 Å². The van der Waals surface area contributed by atoms with Crippen molar-refractivity contribution >= 4 is 11.8 Å². The third-order valence-corrected chi connectivity index (χ3v) is 5.31. The zero-order valence-corrected chi connectivity index (χ0v) is 12.6. The molecule has 2 heterocycles. The van der Waals surface area contributed by atoms with E-state index < -0.39 is 0 Å². The van der Waals surface area contributed by atoms with E-state index in [1.807, 2.05) is 0 Å². The van der Waals surface area contributed by atoms with E-state index in [4.69, 9.17) is 0 Å². The third-order valence-electron chi connectivity index (χ3n) is 3.79. The van der Waals surface area contributed by atoms with Crippen molar-refractivity contribution in [3.05, 3.63) is 17.5 Å². The lowest BCUT2D eigenvalue weighted by molar-refractivity contribution is 0.498. The fraction of sp³-hybridized carbons (Fsp3) is 0.786. The second-order valence-corrected chi connectivity index (χ2v) is 6.29. The summed E-state index contributed by atoms with van der Waals surface area (Å²) in [6, 6.07) is 2.87. The van der Waals surface area contributed by atoms with Crippen LogP contribution < -0.4 is 5.32 Å². The molecular weight excluding hydrogens is 242 g/mol. The van der Waals surface area contributed by atoms with Gasteiger partial charge >= 0.3 is 0 Å². The Bertz CT molecular complexity index is 369. The predicted molar refractivity (Wildman–Crippen MR) is 79.3 cm³/mol. The van der Waals surface area contributed by atoms with Gasteiger partial charge in [-0.3, -0.25) is 4.68 Å². The molecule has 3 nitrogen and oxygen atoms in total. The minimum atomic E-state index is 0.587. The van der Waals surface area contributed by atoms with Gasteiger partial charge < -0.3 is 5.32 Å². The Balaban J connectivity index is 2.07. The van der Waals surface area contributed by atoms with E-state index in [9.17, 15) is 0 Å². The molecule has 1 N–H and O–H groups in total. The number of nitrogens with zero attached hydrogens (tertiary/aromatic N) is 2. The van der Waals surface area contributed by atoms with Crippen LogP contribution in [-0.4, -0.2) is 33.9 Å². The summed E-state index contributed by atoms with van der Waals surface area (Å²) in [7, 11) is 2.09. The molecule has 102 valence electrons. The number of nitrogens with one attached hydrogen (secondary N) is 1. The van der Waals surface area contributed by atoms with Crippen LogP contribution >= 0.6 is 11.8 Å². The van der Waals surface area contributed by atoms with Gasteiger partial charge in [0.2, 0.25) is 0 Å². The molecule has 1 saturated heterocycles. The molecule has 0 radical (unpaired) electrons. The summed E-state index contributed by atoms with van der Waals surface area (Å²) in [4.78, 5) is 0. The summed E-state index contributed by atoms with van der Waals surface area (Å²) in [6.45, 7) is 5.33. The monoisotopic (exact) mass is 267 g/mol. The van der Waals surface area contributed by atoms with Crippen molar-refractivity contribution < 1.29 is 0 Å². The summed E-state index contributed by atoms with van der Waals surface area (Å²) >= 11 is 2.13. The fourth-order valence-electron chi connectivity index (χ4n) is 2.69. The summed E-state index contributed by atoms with van der Waals surface area (Å²) < 4.78 is 2.17. The average molecular weight is 267 g/mol. The maximum Gasteiger partial charge on any atom is 0.0624 e. The molecule has 0 amide bonds. The predicted octanol–water partition coefficient (Wildman–Crippen LogP) is 2.49. The van der Waals surface area contributed by atoms with Gasteiger partial charge in [0.1, 0.15) is 0 Å². The molecule has 1 aliphatic rings. The highest BCUT2D eigenvalue weighted by Gasteiger charge is 2.25. The van der Waals surface area contributed by atoms with Crippen molar-refractivity contribution in [3.63, 3.8) is 0 Å². The zero-order valence-electron chi connectivity index (χ0n) is 11.8. The fourth-order valence-corrected chi connectivity index (χ4v) is 4.12. The van der Waals surface area contributed by atoms with Gasteiger partial charge in [0, 0.05) is 30.0 Å². The van der Waals surface area contributed by atoms with E-state index in [0.717, 1.165) is 24.6 Å². The van der Waals surface area contributed by atoms with Crippen LogP contribution in [0, 0.1) is 0 Å². The maximum absolute atomic E-state index is 4.64. The van der Waals surface area contributed by atoms with Crippen molar-refractivity contribution in [2.45, 2.75) is 57.4 Å². The van der Waals surface area contributed by atoms with E-state index in [1.54, 1.807) is 0 Å². The summed E-state index contributed by atoms with van der Waals surface area (Å²) in [6.07, 6.45) is 4.87. The molecule has 2 unspecified atom stereocenters. The highest BCUT2D eigenvalue weighted by molar-refractivity contribution is 8.00. The smallest absolute Gasteiger partial charge is 0.0624 e. The minimum absolute atomic E-state index is 0.587. The first-order valence-electron chi connectivity index (χ1n) is 7.12. The number of likely N-dealkylation sites (N-methyl/N-ethyl adjacent to an activating group) is 1. The molecule has 1 aromatic rings. The molecule has 1 aromatic heterocycles.